The van der Waals surface area contributed by atoms with Crippen molar-refractivity contribution in [3.8, 4) is 0 Å². The lowest BCUT2D eigenvalue weighted by Crippen LogP contribution is -2.25. The van der Waals surface area contributed by atoms with Gasteiger partial charge in [0.05, 0.1) is 17.8 Å². The summed E-state index contributed by atoms with van der Waals surface area (Å²) < 4.78 is 1.79. The summed E-state index contributed by atoms with van der Waals surface area (Å²) in [4.78, 5) is 27.5. The number of nitrogens with zero attached hydrogens (tertiary/aromatic N) is 2. The molecule has 3 aromatic rings. The number of rotatable bonds is 4. The molecule has 122 valence electrons. The van der Waals surface area contributed by atoms with Gasteiger partial charge in [0.2, 0.25) is 5.91 Å². The Morgan fingerprint density at radius 2 is 2.04 bits per heavy atom. The van der Waals surface area contributed by atoms with Gasteiger partial charge in [-0.15, -0.1) is 0 Å². The Hall–Kier alpha value is -2.86. The average Bonchev–Trinajstić information content (AvgIpc) is 2.89. The lowest BCUT2D eigenvalue weighted by atomic mass is 10.2. The van der Waals surface area contributed by atoms with Crippen LogP contribution in [0, 0.1) is 0 Å². The normalized spacial score (nSPS) is 10.8. The maximum atomic E-state index is 12.4. The van der Waals surface area contributed by atoms with E-state index in [1.165, 1.54) is 6.20 Å². The van der Waals surface area contributed by atoms with Crippen molar-refractivity contribution < 1.29 is 9.59 Å². The van der Waals surface area contributed by atoms with Gasteiger partial charge < -0.3 is 15.6 Å². The number of aryl methyl sites for hydroxylation is 1. The maximum Gasteiger partial charge on any atom is 0.268 e. The molecule has 0 saturated carbocycles. The molecule has 0 saturated heterocycles. The van der Waals surface area contributed by atoms with Gasteiger partial charge in [0, 0.05) is 29.2 Å². The fourth-order valence-electron chi connectivity index (χ4n) is 2.46. The molecular weight excluding hydrogens is 328 g/mol. The second kappa shape index (κ2) is 6.33. The Morgan fingerprint density at radius 3 is 2.71 bits per heavy atom. The van der Waals surface area contributed by atoms with Crippen LogP contribution < -0.4 is 11.1 Å². The van der Waals surface area contributed by atoms with Crippen molar-refractivity contribution in [2.45, 2.75) is 6.54 Å². The molecule has 6 nitrogen and oxygen atoms in total. The first-order chi connectivity index (χ1) is 11.5. The van der Waals surface area contributed by atoms with Crippen LogP contribution in [0.25, 0.3) is 10.9 Å². The van der Waals surface area contributed by atoms with Crippen LogP contribution in [-0.4, -0.2) is 21.4 Å². The Balaban J connectivity index is 1.75. The molecule has 3 N–H and O–H groups in total. The number of pyridine rings is 1. The zero-order chi connectivity index (χ0) is 17.3. The number of primary amides is 1. The average molecular weight is 343 g/mol. The van der Waals surface area contributed by atoms with Crippen LogP contribution in [0.2, 0.25) is 5.02 Å². The van der Waals surface area contributed by atoms with Crippen molar-refractivity contribution in [1.29, 1.82) is 0 Å². The zero-order valence-electron chi connectivity index (χ0n) is 12.9. The lowest BCUT2D eigenvalue weighted by molar-refractivity contribution is 0.0941. The van der Waals surface area contributed by atoms with Crippen molar-refractivity contribution in [2.24, 2.45) is 12.8 Å². The van der Waals surface area contributed by atoms with E-state index in [9.17, 15) is 9.59 Å². The summed E-state index contributed by atoms with van der Waals surface area (Å²) in [6.45, 7) is 0.250. The van der Waals surface area contributed by atoms with Gasteiger partial charge in [-0.3, -0.25) is 14.6 Å². The third kappa shape index (κ3) is 3.09. The predicted octanol–water partition coefficient (Wildman–Crippen LogP) is 2.26. The van der Waals surface area contributed by atoms with Gasteiger partial charge >= 0.3 is 0 Å². The Kier molecular flexibility index (Phi) is 4.22. The maximum absolute atomic E-state index is 12.4. The van der Waals surface area contributed by atoms with Gasteiger partial charge in [-0.25, -0.2) is 0 Å². The van der Waals surface area contributed by atoms with Crippen molar-refractivity contribution >= 4 is 34.3 Å². The van der Waals surface area contributed by atoms with Crippen LogP contribution in [0.15, 0.2) is 42.6 Å². The summed E-state index contributed by atoms with van der Waals surface area (Å²) in [5.41, 5.74) is 7.54. The van der Waals surface area contributed by atoms with Crippen LogP contribution in [0.1, 0.15) is 26.5 Å². The number of carbonyl (C=O) groups excluding carboxylic acids is 2. The third-order valence-corrected chi connectivity index (χ3v) is 4.01. The Morgan fingerprint density at radius 1 is 1.25 bits per heavy atom. The van der Waals surface area contributed by atoms with E-state index in [2.05, 4.69) is 10.3 Å². The molecule has 0 aliphatic rings. The number of nitrogens with one attached hydrogen (secondary N) is 1. The summed E-state index contributed by atoms with van der Waals surface area (Å²) in [6, 6.07) is 10.5. The topological polar surface area (TPSA) is 90.0 Å². The van der Waals surface area contributed by atoms with Crippen LogP contribution >= 0.6 is 11.6 Å². The second-order valence-corrected chi connectivity index (χ2v) is 5.81. The molecule has 0 fully saturated rings. The standard InChI is InChI=1S/C17H15ClN4O2/c1-22-14-7-12(18)4-2-10(14)6-15(22)17(24)21-9-13-5-3-11(8-20-13)16(19)23/h2-8H,9H2,1H3,(H2,19,23)(H,21,24). The summed E-state index contributed by atoms with van der Waals surface area (Å²) in [5.74, 6) is -0.752. The highest BCUT2D eigenvalue weighted by molar-refractivity contribution is 6.31. The van der Waals surface area contributed by atoms with E-state index in [4.69, 9.17) is 17.3 Å². The number of carbonyl (C=O) groups is 2. The Labute approximate surface area is 143 Å². The predicted molar refractivity (Wildman–Crippen MR) is 91.9 cm³/mol. The van der Waals surface area contributed by atoms with Gasteiger partial charge in [0.15, 0.2) is 0 Å². The summed E-state index contributed by atoms with van der Waals surface area (Å²) in [7, 11) is 1.81. The molecule has 2 heterocycles. The first-order valence-electron chi connectivity index (χ1n) is 7.23. The minimum atomic E-state index is -0.535. The van der Waals surface area contributed by atoms with Gasteiger partial charge in [-0.05, 0) is 30.3 Å². The molecule has 1 aromatic carbocycles. The molecule has 0 radical (unpaired) electrons. The molecule has 0 aliphatic carbocycles. The number of aromatic nitrogens is 2. The molecule has 0 bridgehead atoms. The van der Waals surface area contributed by atoms with E-state index in [1.54, 1.807) is 22.8 Å². The molecule has 2 aromatic heterocycles. The van der Waals surface area contributed by atoms with E-state index >= 15 is 0 Å². The molecule has 0 atom stereocenters. The lowest BCUT2D eigenvalue weighted by Gasteiger charge is -2.06. The molecule has 7 heteroatoms. The van der Waals surface area contributed by atoms with E-state index in [1.807, 2.05) is 25.2 Å². The van der Waals surface area contributed by atoms with Crippen molar-refractivity contribution in [1.82, 2.24) is 14.9 Å². The molecule has 0 spiro atoms. The number of amides is 2. The first-order valence-corrected chi connectivity index (χ1v) is 7.61. The SMILES string of the molecule is Cn1c(C(=O)NCc2ccc(C(N)=O)cn2)cc2ccc(Cl)cc21. The summed E-state index contributed by atoms with van der Waals surface area (Å²) in [6.07, 6.45) is 1.39. The highest BCUT2D eigenvalue weighted by Crippen LogP contribution is 2.22. The smallest absolute Gasteiger partial charge is 0.268 e. The van der Waals surface area contributed by atoms with Crippen LogP contribution in [-0.2, 0) is 13.6 Å². The van der Waals surface area contributed by atoms with Crippen LogP contribution in [0.3, 0.4) is 0 Å². The highest BCUT2D eigenvalue weighted by Gasteiger charge is 2.13. The quantitative estimate of drug-likeness (QED) is 0.762. The van der Waals surface area contributed by atoms with Gasteiger partial charge in [-0.1, -0.05) is 17.7 Å². The summed E-state index contributed by atoms with van der Waals surface area (Å²) in [5, 5.41) is 4.37. The van der Waals surface area contributed by atoms with E-state index in [0.29, 0.717) is 22.0 Å². The third-order valence-electron chi connectivity index (χ3n) is 3.78. The van der Waals surface area contributed by atoms with Crippen molar-refractivity contribution in [2.75, 3.05) is 0 Å². The molecular formula is C17H15ClN4O2. The zero-order valence-corrected chi connectivity index (χ0v) is 13.7. The number of benzene rings is 1. The largest absolute Gasteiger partial charge is 0.366 e. The number of nitrogens with two attached hydrogens (primary N) is 1. The van der Waals surface area contributed by atoms with Crippen molar-refractivity contribution in [3.05, 3.63) is 64.6 Å². The van der Waals surface area contributed by atoms with E-state index in [0.717, 1.165) is 10.9 Å². The number of hydrogen-bond donors (Lipinski definition) is 2. The van der Waals surface area contributed by atoms with Gasteiger partial charge in [0.1, 0.15) is 5.69 Å². The minimum absolute atomic E-state index is 0.217. The van der Waals surface area contributed by atoms with Crippen LogP contribution in [0.5, 0.6) is 0 Å². The molecule has 3 rings (SSSR count). The van der Waals surface area contributed by atoms with E-state index < -0.39 is 5.91 Å². The fraction of sp³-hybridized carbons (Fsp3) is 0.118. The number of halogens is 1. The molecule has 0 unspecified atom stereocenters. The first kappa shape index (κ1) is 16.0. The molecule has 2 amide bonds. The number of fused-ring (bicyclic) bond motifs is 1. The second-order valence-electron chi connectivity index (χ2n) is 5.38. The number of hydrogen-bond acceptors (Lipinski definition) is 3. The van der Waals surface area contributed by atoms with Gasteiger partial charge in [0.25, 0.3) is 5.91 Å². The fourth-order valence-corrected chi connectivity index (χ4v) is 2.62. The van der Waals surface area contributed by atoms with E-state index in [-0.39, 0.29) is 12.5 Å². The van der Waals surface area contributed by atoms with Gasteiger partial charge in [-0.2, -0.15) is 0 Å². The molecule has 0 aliphatic heterocycles. The summed E-state index contributed by atoms with van der Waals surface area (Å²) >= 11 is 6.00. The monoisotopic (exact) mass is 342 g/mol. The molecule has 24 heavy (non-hydrogen) atoms. The Bertz CT molecular complexity index is 932. The highest BCUT2D eigenvalue weighted by atomic mass is 35.5. The van der Waals surface area contributed by atoms with Crippen molar-refractivity contribution in [3.63, 3.8) is 0 Å². The minimum Gasteiger partial charge on any atom is -0.366 e. The van der Waals surface area contributed by atoms with Crippen LogP contribution in [0.4, 0.5) is 0 Å².